The fourth-order valence-electron chi connectivity index (χ4n) is 2.14. The van der Waals surface area contributed by atoms with Gasteiger partial charge in [0.05, 0.1) is 29.0 Å². The average Bonchev–Trinajstić information content (AvgIpc) is 2.72. The average molecular weight is 294 g/mol. The molecule has 0 saturated carbocycles. The number of hydrogen-bond acceptors (Lipinski definition) is 4. The maximum atomic E-state index is 13.3. The molecule has 20 heavy (non-hydrogen) atoms. The Morgan fingerprint density at radius 2 is 2.15 bits per heavy atom. The monoisotopic (exact) mass is 294 g/mol. The lowest BCUT2D eigenvalue weighted by Gasteiger charge is -2.17. The molecule has 1 aromatic heterocycles. The van der Waals surface area contributed by atoms with Crippen LogP contribution in [0.4, 0.5) is 10.1 Å². The summed E-state index contributed by atoms with van der Waals surface area (Å²) in [4.78, 5) is 5.62. The summed E-state index contributed by atoms with van der Waals surface area (Å²) in [5.41, 5.74) is 1.83. The molecule has 0 fully saturated rings. The number of aromatic nitrogens is 1. The maximum Gasteiger partial charge on any atom is 0.145 e. The zero-order valence-corrected chi connectivity index (χ0v) is 13.0. The first-order chi connectivity index (χ1) is 9.51. The third-order valence-electron chi connectivity index (χ3n) is 2.95. The summed E-state index contributed by atoms with van der Waals surface area (Å²) in [5, 5.41) is 4.42. The number of aryl methyl sites for hydroxylation is 2. The second-order valence-corrected chi connectivity index (χ2v) is 5.86. The van der Waals surface area contributed by atoms with Crippen molar-refractivity contribution in [1.82, 2.24) is 4.98 Å². The molecule has 1 N–H and O–H groups in total. The van der Waals surface area contributed by atoms with Gasteiger partial charge in [-0.05, 0) is 39.8 Å². The van der Waals surface area contributed by atoms with E-state index in [0.717, 1.165) is 16.4 Å². The van der Waals surface area contributed by atoms with Gasteiger partial charge >= 0.3 is 0 Å². The van der Waals surface area contributed by atoms with Gasteiger partial charge in [0.1, 0.15) is 11.6 Å². The van der Waals surface area contributed by atoms with Crippen LogP contribution >= 0.6 is 11.3 Å². The molecule has 0 aliphatic carbocycles. The van der Waals surface area contributed by atoms with Crippen LogP contribution in [0.1, 0.15) is 35.5 Å². The molecular weight excluding hydrogens is 275 g/mol. The van der Waals surface area contributed by atoms with Crippen molar-refractivity contribution in [3.63, 3.8) is 0 Å². The number of thiazole rings is 1. The molecule has 0 radical (unpaired) electrons. The van der Waals surface area contributed by atoms with Gasteiger partial charge in [-0.15, -0.1) is 11.3 Å². The second kappa shape index (κ2) is 6.22. The zero-order chi connectivity index (χ0) is 14.7. The molecule has 108 valence electrons. The van der Waals surface area contributed by atoms with Crippen LogP contribution in [0.5, 0.6) is 5.75 Å². The fourth-order valence-corrected chi connectivity index (χ4v) is 3.07. The van der Waals surface area contributed by atoms with E-state index in [0.29, 0.717) is 12.4 Å². The Morgan fingerprint density at radius 3 is 2.75 bits per heavy atom. The Bertz CT molecular complexity index is 598. The normalized spacial score (nSPS) is 12.2. The molecule has 3 nitrogen and oxygen atoms in total. The van der Waals surface area contributed by atoms with E-state index in [1.54, 1.807) is 17.4 Å². The minimum atomic E-state index is -0.295. The van der Waals surface area contributed by atoms with Gasteiger partial charge in [0.25, 0.3) is 0 Å². The summed E-state index contributed by atoms with van der Waals surface area (Å²) in [6, 6.07) is 4.65. The van der Waals surface area contributed by atoms with Crippen molar-refractivity contribution in [3.05, 3.63) is 39.6 Å². The third kappa shape index (κ3) is 3.28. The molecule has 1 unspecified atom stereocenters. The summed E-state index contributed by atoms with van der Waals surface area (Å²) in [6.07, 6.45) is 0. The number of anilines is 1. The molecule has 0 bridgehead atoms. The highest BCUT2D eigenvalue weighted by atomic mass is 32.1. The van der Waals surface area contributed by atoms with Crippen molar-refractivity contribution < 1.29 is 9.13 Å². The first-order valence-electron chi connectivity index (χ1n) is 6.64. The molecule has 0 aliphatic rings. The molecule has 0 aliphatic heterocycles. The number of rotatable bonds is 5. The van der Waals surface area contributed by atoms with Crippen molar-refractivity contribution in [1.29, 1.82) is 0 Å². The molecular formula is C15H19FN2OS. The first kappa shape index (κ1) is 14.8. The molecule has 1 heterocycles. The number of benzene rings is 1. The van der Waals surface area contributed by atoms with Crippen LogP contribution in [0.2, 0.25) is 0 Å². The second-order valence-electron chi connectivity index (χ2n) is 4.62. The largest absolute Gasteiger partial charge is 0.492 e. The minimum absolute atomic E-state index is 0.103. The summed E-state index contributed by atoms with van der Waals surface area (Å²) in [5.74, 6) is 0.245. The predicted octanol–water partition coefficient (Wildman–Crippen LogP) is 4.47. The van der Waals surface area contributed by atoms with Gasteiger partial charge < -0.3 is 10.1 Å². The fraction of sp³-hybridized carbons (Fsp3) is 0.400. The quantitative estimate of drug-likeness (QED) is 0.883. The molecule has 1 aromatic carbocycles. The Kier molecular flexibility index (Phi) is 4.60. The lowest BCUT2D eigenvalue weighted by atomic mass is 10.2. The number of nitrogens with zero attached hydrogens (tertiary/aromatic N) is 1. The van der Waals surface area contributed by atoms with E-state index in [1.807, 2.05) is 20.8 Å². The van der Waals surface area contributed by atoms with Crippen LogP contribution in [0.3, 0.4) is 0 Å². The van der Waals surface area contributed by atoms with Gasteiger partial charge in [-0.2, -0.15) is 0 Å². The SMILES string of the molecule is CCOc1cc(F)ccc1NC(C)c1sc(C)nc1C. The molecule has 0 spiro atoms. The van der Waals surface area contributed by atoms with Crippen LogP contribution in [0.25, 0.3) is 0 Å². The van der Waals surface area contributed by atoms with Gasteiger partial charge in [0, 0.05) is 10.9 Å². The summed E-state index contributed by atoms with van der Waals surface area (Å²) in [6.45, 7) is 8.46. The highest BCUT2D eigenvalue weighted by molar-refractivity contribution is 7.11. The van der Waals surface area contributed by atoms with Crippen LogP contribution in [-0.2, 0) is 0 Å². The van der Waals surface area contributed by atoms with E-state index in [1.165, 1.54) is 17.0 Å². The van der Waals surface area contributed by atoms with Gasteiger partial charge in [0.2, 0.25) is 0 Å². The standard InChI is InChI=1S/C15H19FN2OS/c1-5-19-14-8-12(16)6-7-13(14)18-10(3)15-9(2)17-11(4)20-15/h6-8,10,18H,5H2,1-4H3. The highest BCUT2D eigenvalue weighted by Crippen LogP contribution is 2.32. The van der Waals surface area contributed by atoms with E-state index in [2.05, 4.69) is 17.2 Å². The zero-order valence-electron chi connectivity index (χ0n) is 12.2. The van der Waals surface area contributed by atoms with Crippen molar-refractivity contribution in [2.45, 2.75) is 33.7 Å². The Balaban J connectivity index is 2.23. The van der Waals surface area contributed by atoms with Crippen molar-refractivity contribution in [3.8, 4) is 5.75 Å². The van der Waals surface area contributed by atoms with Crippen molar-refractivity contribution in [2.24, 2.45) is 0 Å². The Hall–Kier alpha value is -1.62. The number of nitrogens with one attached hydrogen (secondary N) is 1. The van der Waals surface area contributed by atoms with Gasteiger partial charge in [0.15, 0.2) is 0 Å². The third-order valence-corrected chi connectivity index (χ3v) is 4.20. The lowest BCUT2D eigenvalue weighted by Crippen LogP contribution is -2.08. The molecule has 2 aromatic rings. The maximum absolute atomic E-state index is 13.3. The van der Waals surface area contributed by atoms with E-state index in [9.17, 15) is 4.39 Å². The number of hydrogen-bond donors (Lipinski definition) is 1. The number of ether oxygens (including phenoxy) is 1. The molecule has 2 rings (SSSR count). The molecule has 5 heteroatoms. The van der Waals surface area contributed by atoms with Gasteiger partial charge in [-0.3, -0.25) is 0 Å². The van der Waals surface area contributed by atoms with Gasteiger partial charge in [-0.1, -0.05) is 0 Å². The van der Waals surface area contributed by atoms with Crippen molar-refractivity contribution in [2.75, 3.05) is 11.9 Å². The van der Waals surface area contributed by atoms with E-state index >= 15 is 0 Å². The van der Waals surface area contributed by atoms with Crippen LogP contribution < -0.4 is 10.1 Å². The smallest absolute Gasteiger partial charge is 0.145 e. The topological polar surface area (TPSA) is 34.1 Å². The van der Waals surface area contributed by atoms with E-state index in [-0.39, 0.29) is 11.9 Å². The first-order valence-corrected chi connectivity index (χ1v) is 7.45. The summed E-state index contributed by atoms with van der Waals surface area (Å²) >= 11 is 1.68. The highest BCUT2D eigenvalue weighted by Gasteiger charge is 2.15. The predicted molar refractivity (Wildman–Crippen MR) is 81.2 cm³/mol. The molecule has 0 saturated heterocycles. The number of halogens is 1. The van der Waals surface area contributed by atoms with Crippen LogP contribution in [0.15, 0.2) is 18.2 Å². The molecule has 1 atom stereocenters. The summed E-state index contributed by atoms with van der Waals surface area (Å²) < 4.78 is 18.8. The van der Waals surface area contributed by atoms with Crippen LogP contribution in [0, 0.1) is 19.7 Å². The van der Waals surface area contributed by atoms with E-state index in [4.69, 9.17) is 4.74 Å². The Morgan fingerprint density at radius 1 is 1.40 bits per heavy atom. The van der Waals surface area contributed by atoms with Crippen molar-refractivity contribution >= 4 is 17.0 Å². The van der Waals surface area contributed by atoms with E-state index < -0.39 is 0 Å². The van der Waals surface area contributed by atoms with Crippen LogP contribution in [-0.4, -0.2) is 11.6 Å². The Labute approximate surface area is 122 Å². The lowest BCUT2D eigenvalue weighted by molar-refractivity contribution is 0.339. The summed E-state index contributed by atoms with van der Waals surface area (Å²) in [7, 11) is 0. The minimum Gasteiger partial charge on any atom is -0.492 e. The molecule has 0 amide bonds. The van der Waals surface area contributed by atoms with Gasteiger partial charge in [-0.25, -0.2) is 9.37 Å².